The van der Waals surface area contributed by atoms with Crippen molar-refractivity contribution in [2.45, 2.75) is 21.5 Å². The molecule has 0 aromatic carbocycles. The van der Waals surface area contributed by atoms with E-state index in [-0.39, 0.29) is 17.3 Å². The predicted octanol–water partition coefficient (Wildman–Crippen LogP) is 3.50. The van der Waals surface area contributed by atoms with E-state index >= 15 is 0 Å². The lowest BCUT2D eigenvalue weighted by atomic mass is 9.72. The van der Waals surface area contributed by atoms with Crippen LogP contribution in [-0.2, 0) is 4.79 Å². The normalized spacial score (nSPS) is 42.3. The Morgan fingerprint density at radius 3 is 1.73 bits per heavy atom. The first-order valence-corrected chi connectivity index (χ1v) is 6.33. The van der Waals surface area contributed by atoms with Crippen molar-refractivity contribution in [3.8, 4) is 0 Å². The van der Waals surface area contributed by atoms with Gasteiger partial charge in [-0.3, -0.25) is 4.79 Å². The standard InChI is InChI=1S/C10H8Cl4O/c11-9(12)5-1-2-6(8(5)3-4-8)10(13,14)7(9)15/h1-2,5-6H,3-4H2/t5-,6-/m0/s1. The van der Waals surface area contributed by atoms with Gasteiger partial charge in [-0.2, -0.15) is 0 Å². The van der Waals surface area contributed by atoms with Crippen LogP contribution in [0, 0.1) is 17.3 Å². The van der Waals surface area contributed by atoms with E-state index in [1.165, 1.54) is 0 Å². The molecule has 3 rings (SSSR count). The first kappa shape index (κ1) is 10.7. The van der Waals surface area contributed by atoms with Gasteiger partial charge in [-0.15, -0.1) is 0 Å². The van der Waals surface area contributed by atoms with Crippen molar-refractivity contribution in [3.05, 3.63) is 12.2 Å². The average Bonchev–Trinajstić information content (AvgIpc) is 2.76. The van der Waals surface area contributed by atoms with E-state index in [2.05, 4.69) is 0 Å². The fourth-order valence-corrected chi connectivity index (χ4v) is 4.98. The van der Waals surface area contributed by atoms with Crippen molar-refractivity contribution in [1.29, 1.82) is 0 Å². The highest BCUT2D eigenvalue weighted by molar-refractivity contribution is 6.69. The number of carbonyl (C=O) groups excluding carboxylic acids is 1. The average molecular weight is 286 g/mol. The maximum Gasteiger partial charge on any atom is 0.205 e. The molecule has 3 aliphatic carbocycles. The largest absolute Gasteiger partial charge is 0.293 e. The highest BCUT2D eigenvalue weighted by Gasteiger charge is 2.74. The van der Waals surface area contributed by atoms with Gasteiger partial charge in [0.1, 0.15) is 0 Å². The number of allylic oxidation sites excluding steroid dienone is 2. The second-order valence-electron chi connectivity index (χ2n) is 4.65. The third-order valence-electron chi connectivity index (χ3n) is 3.95. The fourth-order valence-electron chi connectivity index (χ4n) is 3.03. The van der Waals surface area contributed by atoms with Crippen molar-refractivity contribution in [1.82, 2.24) is 0 Å². The molecular weight excluding hydrogens is 278 g/mol. The van der Waals surface area contributed by atoms with Crippen LogP contribution in [0.3, 0.4) is 0 Å². The SMILES string of the molecule is O=C1C(Cl)(Cl)[C@H]2C=C[C@H](C1(Cl)Cl)C21CC1. The molecule has 0 aliphatic heterocycles. The summed E-state index contributed by atoms with van der Waals surface area (Å²) in [6.07, 6.45) is 5.79. The molecule has 5 heteroatoms. The Balaban J connectivity index is 2.18. The zero-order valence-electron chi connectivity index (χ0n) is 7.64. The summed E-state index contributed by atoms with van der Waals surface area (Å²) in [5.74, 6) is -0.730. The van der Waals surface area contributed by atoms with Crippen LogP contribution in [0.2, 0.25) is 0 Å². The summed E-state index contributed by atoms with van der Waals surface area (Å²) in [5.41, 5.74) is -0.0547. The van der Waals surface area contributed by atoms with Crippen LogP contribution >= 0.6 is 46.4 Å². The van der Waals surface area contributed by atoms with Crippen LogP contribution < -0.4 is 0 Å². The maximum atomic E-state index is 12.0. The number of carbonyl (C=O) groups is 1. The van der Waals surface area contributed by atoms with Crippen LogP contribution in [-0.4, -0.2) is 14.4 Å². The van der Waals surface area contributed by atoms with Gasteiger partial charge in [-0.1, -0.05) is 58.6 Å². The second kappa shape index (κ2) is 2.69. The lowest BCUT2D eigenvalue weighted by Gasteiger charge is -2.44. The molecule has 1 spiro atoms. The van der Waals surface area contributed by atoms with Gasteiger partial charge in [0.15, 0.2) is 8.67 Å². The van der Waals surface area contributed by atoms with Crippen molar-refractivity contribution >= 4 is 52.2 Å². The Labute approximate surface area is 108 Å². The second-order valence-corrected chi connectivity index (χ2v) is 7.42. The highest BCUT2D eigenvalue weighted by Crippen LogP contribution is 2.73. The van der Waals surface area contributed by atoms with Crippen LogP contribution in [0.15, 0.2) is 12.2 Å². The molecular formula is C10H8Cl4O. The van der Waals surface area contributed by atoms with E-state index in [4.69, 9.17) is 46.4 Å². The first-order chi connectivity index (χ1) is 6.83. The zero-order valence-corrected chi connectivity index (χ0v) is 10.7. The van der Waals surface area contributed by atoms with Gasteiger partial charge in [0, 0.05) is 11.8 Å². The van der Waals surface area contributed by atoms with Gasteiger partial charge in [-0.25, -0.2) is 0 Å². The van der Waals surface area contributed by atoms with E-state index in [9.17, 15) is 4.79 Å². The lowest BCUT2D eigenvalue weighted by molar-refractivity contribution is -0.125. The molecule has 3 aliphatic rings. The molecule has 2 fully saturated rings. The molecule has 15 heavy (non-hydrogen) atoms. The minimum atomic E-state index is -1.47. The van der Waals surface area contributed by atoms with Gasteiger partial charge in [0.25, 0.3) is 0 Å². The van der Waals surface area contributed by atoms with Crippen molar-refractivity contribution in [2.24, 2.45) is 17.3 Å². The summed E-state index contributed by atoms with van der Waals surface area (Å²) in [4.78, 5) is 12.0. The van der Waals surface area contributed by atoms with Gasteiger partial charge >= 0.3 is 0 Å². The molecule has 0 amide bonds. The Kier molecular flexibility index (Phi) is 1.92. The van der Waals surface area contributed by atoms with E-state index in [0.29, 0.717) is 0 Å². The first-order valence-electron chi connectivity index (χ1n) is 4.82. The van der Waals surface area contributed by atoms with E-state index in [1.54, 1.807) is 0 Å². The summed E-state index contributed by atoms with van der Waals surface area (Å²) in [6, 6.07) is 0. The van der Waals surface area contributed by atoms with Gasteiger partial charge < -0.3 is 0 Å². The number of rotatable bonds is 0. The molecule has 0 aromatic rings. The third kappa shape index (κ3) is 1.06. The zero-order chi connectivity index (χ0) is 11.1. The Hall–Kier alpha value is 0.570. The number of hydrogen-bond donors (Lipinski definition) is 0. The molecule has 0 radical (unpaired) electrons. The number of Topliss-reactive ketones (excluding diaryl/α,β-unsaturated/α-hetero) is 1. The molecule has 0 aromatic heterocycles. The quantitative estimate of drug-likeness (QED) is 0.492. The lowest BCUT2D eigenvalue weighted by Crippen LogP contribution is -2.56. The van der Waals surface area contributed by atoms with Crippen molar-refractivity contribution < 1.29 is 4.79 Å². The fraction of sp³-hybridized carbons (Fsp3) is 0.700. The molecule has 0 unspecified atom stereocenters. The molecule has 82 valence electrons. The smallest absolute Gasteiger partial charge is 0.205 e. The van der Waals surface area contributed by atoms with E-state index < -0.39 is 14.4 Å². The summed E-state index contributed by atoms with van der Waals surface area (Å²) in [5, 5.41) is 0. The molecule has 2 atom stereocenters. The predicted molar refractivity (Wildman–Crippen MR) is 61.7 cm³/mol. The molecule has 2 saturated carbocycles. The van der Waals surface area contributed by atoms with Crippen molar-refractivity contribution in [2.75, 3.05) is 0 Å². The molecule has 0 saturated heterocycles. The Bertz CT molecular complexity index is 351. The minimum Gasteiger partial charge on any atom is -0.293 e. The summed E-state index contributed by atoms with van der Waals surface area (Å²) in [7, 11) is 0. The number of ketones is 1. The van der Waals surface area contributed by atoms with Crippen LogP contribution in [0.4, 0.5) is 0 Å². The summed E-state index contributed by atoms with van der Waals surface area (Å²) >= 11 is 24.5. The van der Waals surface area contributed by atoms with Gasteiger partial charge in [0.05, 0.1) is 0 Å². The van der Waals surface area contributed by atoms with E-state index in [1.807, 2.05) is 12.2 Å². The minimum absolute atomic E-state index is 0.0547. The summed E-state index contributed by atoms with van der Waals surface area (Å²) < 4.78 is -2.94. The molecule has 0 heterocycles. The molecule has 2 bridgehead atoms. The van der Waals surface area contributed by atoms with Gasteiger partial charge in [-0.05, 0) is 18.3 Å². The monoisotopic (exact) mass is 284 g/mol. The summed E-state index contributed by atoms with van der Waals surface area (Å²) in [6.45, 7) is 0. The van der Waals surface area contributed by atoms with Gasteiger partial charge in [0.2, 0.25) is 5.78 Å². The van der Waals surface area contributed by atoms with Crippen molar-refractivity contribution in [3.63, 3.8) is 0 Å². The number of alkyl halides is 4. The Morgan fingerprint density at radius 1 is 1.00 bits per heavy atom. The van der Waals surface area contributed by atoms with Crippen LogP contribution in [0.1, 0.15) is 12.8 Å². The maximum absolute atomic E-state index is 12.0. The molecule has 1 nitrogen and oxygen atoms in total. The third-order valence-corrected chi connectivity index (χ3v) is 5.58. The topological polar surface area (TPSA) is 17.1 Å². The van der Waals surface area contributed by atoms with E-state index in [0.717, 1.165) is 12.8 Å². The highest BCUT2D eigenvalue weighted by atomic mass is 35.5. The molecule has 0 N–H and O–H groups in total. The van der Waals surface area contributed by atoms with Crippen LogP contribution in [0.25, 0.3) is 0 Å². The number of hydrogen-bond acceptors (Lipinski definition) is 1. The number of halogens is 4. The van der Waals surface area contributed by atoms with Crippen LogP contribution in [0.5, 0.6) is 0 Å². The Morgan fingerprint density at radius 2 is 1.40 bits per heavy atom.